The highest BCUT2D eigenvalue weighted by Gasteiger charge is 2.26. The van der Waals surface area contributed by atoms with Gasteiger partial charge in [-0.25, -0.2) is 18.9 Å². The fourth-order valence-electron chi connectivity index (χ4n) is 3.94. The highest BCUT2D eigenvalue weighted by Crippen LogP contribution is 2.34. The number of anilines is 2. The second-order valence-electron chi connectivity index (χ2n) is 8.67. The van der Waals surface area contributed by atoms with Gasteiger partial charge in [-0.15, -0.1) is 0 Å². The lowest BCUT2D eigenvalue weighted by Gasteiger charge is -2.26. The van der Waals surface area contributed by atoms with E-state index in [4.69, 9.17) is 21.1 Å². The molecule has 1 unspecified atom stereocenters. The third-order valence-electron chi connectivity index (χ3n) is 5.88. The summed E-state index contributed by atoms with van der Waals surface area (Å²) in [4.78, 5) is 43.9. The summed E-state index contributed by atoms with van der Waals surface area (Å²) in [6.07, 6.45) is 0.695. The molecule has 0 N–H and O–H groups in total. The molecule has 0 radical (unpaired) electrons. The summed E-state index contributed by atoms with van der Waals surface area (Å²) in [7, 11) is 0. The van der Waals surface area contributed by atoms with E-state index in [0.717, 1.165) is 5.56 Å². The smallest absolute Gasteiger partial charge is 0.422 e. The van der Waals surface area contributed by atoms with Crippen LogP contribution in [0, 0.1) is 19.7 Å². The van der Waals surface area contributed by atoms with Crippen molar-refractivity contribution in [1.29, 1.82) is 0 Å². The summed E-state index contributed by atoms with van der Waals surface area (Å²) in [6, 6.07) is 18.4. The molecule has 198 valence electrons. The number of hydrogen-bond donors (Lipinski definition) is 0. The highest BCUT2D eigenvalue weighted by molar-refractivity contribution is 6.35. The summed E-state index contributed by atoms with van der Waals surface area (Å²) in [6.45, 7) is 4.85. The Morgan fingerprint density at radius 1 is 0.872 bits per heavy atom. The third-order valence-corrected chi connectivity index (χ3v) is 6.20. The number of nitrogens with zero attached hydrogens (tertiary/aromatic N) is 2. The van der Waals surface area contributed by atoms with Gasteiger partial charge in [0.15, 0.2) is 5.78 Å². The van der Waals surface area contributed by atoms with Gasteiger partial charge in [-0.05, 0) is 73.5 Å². The molecule has 39 heavy (non-hydrogen) atoms. The number of halogens is 2. The van der Waals surface area contributed by atoms with Crippen LogP contribution in [0.4, 0.5) is 20.6 Å². The van der Waals surface area contributed by atoms with Crippen LogP contribution < -0.4 is 4.90 Å². The largest absolute Gasteiger partial charge is 0.422 e. The van der Waals surface area contributed by atoms with Crippen molar-refractivity contribution >= 4 is 40.8 Å². The van der Waals surface area contributed by atoms with Gasteiger partial charge in [0.1, 0.15) is 5.82 Å². The minimum absolute atomic E-state index is 0.107. The average Bonchev–Trinajstić information content (AvgIpc) is 2.90. The zero-order valence-electron chi connectivity index (χ0n) is 21.4. The van der Waals surface area contributed by atoms with Crippen LogP contribution in [0.1, 0.15) is 44.3 Å². The van der Waals surface area contributed by atoms with E-state index in [-0.39, 0.29) is 27.6 Å². The molecule has 0 spiro atoms. The van der Waals surface area contributed by atoms with E-state index in [1.54, 1.807) is 19.1 Å². The Balaban J connectivity index is 1.64. The van der Waals surface area contributed by atoms with Gasteiger partial charge >= 0.3 is 12.1 Å². The second-order valence-corrected chi connectivity index (χ2v) is 9.07. The van der Waals surface area contributed by atoms with Gasteiger partial charge < -0.3 is 9.47 Å². The van der Waals surface area contributed by atoms with Gasteiger partial charge in [0, 0.05) is 30.4 Å². The first kappa shape index (κ1) is 27.5. The van der Waals surface area contributed by atoms with Gasteiger partial charge in [0.2, 0.25) is 6.29 Å². The summed E-state index contributed by atoms with van der Waals surface area (Å²) >= 11 is 6.54. The number of hydrogen-bond acceptors (Lipinski definition) is 6. The molecule has 0 saturated carbocycles. The standard InChI is InChI=1S/C30H24ClFN2O5/c1-18-6-4-5-7-24(18)28(35)25-10-9-23(17-26(25)31)34(27-11-8-22(32)16-19(27)2)30(37)39-20(3)38-29(36)21-12-14-33-15-13-21/h4-17,20H,1-3H3. The van der Waals surface area contributed by atoms with Gasteiger partial charge in [0.25, 0.3) is 0 Å². The van der Waals surface area contributed by atoms with E-state index in [1.807, 2.05) is 19.1 Å². The van der Waals surface area contributed by atoms with Crippen molar-refractivity contribution in [2.75, 3.05) is 4.90 Å². The molecule has 1 amide bonds. The Bertz CT molecular complexity index is 1540. The molecule has 0 aliphatic carbocycles. The molecule has 4 rings (SSSR count). The van der Waals surface area contributed by atoms with Gasteiger partial charge in [-0.2, -0.15) is 0 Å². The molecule has 0 bridgehead atoms. The minimum Gasteiger partial charge on any atom is -0.422 e. The normalized spacial score (nSPS) is 11.4. The molecule has 0 aliphatic heterocycles. The van der Waals surface area contributed by atoms with Crippen LogP contribution in [0.3, 0.4) is 0 Å². The SMILES string of the molecule is Cc1ccccc1C(=O)c1ccc(N(C(=O)OC(C)OC(=O)c2ccncc2)c2ccc(F)cc2C)cc1Cl. The molecule has 0 saturated heterocycles. The molecule has 1 aromatic heterocycles. The lowest BCUT2D eigenvalue weighted by molar-refractivity contribution is -0.0575. The quantitative estimate of drug-likeness (QED) is 0.138. The first-order valence-electron chi connectivity index (χ1n) is 11.9. The van der Waals surface area contributed by atoms with E-state index in [1.165, 1.54) is 72.7 Å². The molecule has 9 heteroatoms. The Morgan fingerprint density at radius 3 is 2.26 bits per heavy atom. The monoisotopic (exact) mass is 546 g/mol. The van der Waals surface area contributed by atoms with Crippen molar-refractivity contribution in [3.8, 4) is 0 Å². The second kappa shape index (κ2) is 11.9. The number of aryl methyl sites for hydroxylation is 2. The number of pyridine rings is 1. The van der Waals surface area contributed by atoms with Crippen LogP contribution in [0.25, 0.3) is 0 Å². The molecule has 7 nitrogen and oxygen atoms in total. The van der Waals surface area contributed by atoms with E-state index >= 15 is 0 Å². The lowest BCUT2D eigenvalue weighted by Crippen LogP contribution is -2.32. The van der Waals surface area contributed by atoms with E-state index in [2.05, 4.69) is 4.98 Å². The minimum atomic E-state index is -1.27. The van der Waals surface area contributed by atoms with Crippen molar-refractivity contribution in [3.05, 3.63) is 124 Å². The predicted octanol–water partition coefficient (Wildman–Crippen LogP) is 7.20. The maximum absolute atomic E-state index is 13.9. The van der Waals surface area contributed by atoms with Crippen LogP contribution in [-0.4, -0.2) is 29.1 Å². The number of carbonyl (C=O) groups is 3. The van der Waals surface area contributed by atoms with Crippen molar-refractivity contribution in [3.63, 3.8) is 0 Å². The number of rotatable bonds is 7. The average molecular weight is 547 g/mol. The van der Waals surface area contributed by atoms with Crippen LogP contribution in [-0.2, 0) is 9.47 Å². The third kappa shape index (κ3) is 6.30. The van der Waals surface area contributed by atoms with Crippen molar-refractivity contribution in [2.24, 2.45) is 0 Å². The van der Waals surface area contributed by atoms with Crippen molar-refractivity contribution < 1.29 is 28.2 Å². The Labute approximate surface area is 229 Å². The van der Waals surface area contributed by atoms with Crippen LogP contribution in [0.5, 0.6) is 0 Å². The molecule has 1 atom stereocenters. The fourth-order valence-corrected chi connectivity index (χ4v) is 4.20. The fraction of sp³-hybridized carbons (Fsp3) is 0.133. The first-order chi connectivity index (χ1) is 18.7. The number of benzene rings is 3. The summed E-state index contributed by atoms with van der Waals surface area (Å²) in [5, 5.41) is 0.107. The Kier molecular flexibility index (Phi) is 8.36. The van der Waals surface area contributed by atoms with Crippen molar-refractivity contribution in [1.82, 2.24) is 4.98 Å². The zero-order valence-corrected chi connectivity index (χ0v) is 22.1. The lowest BCUT2D eigenvalue weighted by atomic mass is 9.99. The summed E-state index contributed by atoms with van der Waals surface area (Å²) < 4.78 is 24.5. The number of ketones is 1. The van der Waals surface area contributed by atoms with Crippen molar-refractivity contribution in [2.45, 2.75) is 27.1 Å². The van der Waals surface area contributed by atoms with Gasteiger partial charge in [0.05, 0.1) is 22.0 Å². The molecule has 1 heterocycles. The number of aromatic nitrogens is 1. The molecule has 0 fully saturated rings. The number of carbonyl (C=O) groups excluding carboxylic acids is 3. The predicted molar refractivity (Wildman–Crippen MR) is 145 cm³/mol. The molecular weight excluding hydrogens is 523 g/mol. The molecule has 3 aromatic carbocycles. The van der Waals surface area contributed by atoms with Crippen LogP contribution in [0.15, 0.2) is 85.2 Å². The first-order valence-corrected chi connectivity index (χ1v) is 12.3. The number of ether oxygens (including phenoxy) is 2. The summed E-state index contributed by atoms with van der Waals surface area (Å²) in [5.74, 6) is -1.46. The topological polar surface area (TPSA) is 85.8 Å². The summed E-state index contributed by atoms with van der Waals surface area (Å²) in [5.41, 5.74) is 2.78. The molecular formula is C30H24ClFN2O5. The van der Waals surface area contributed by atoms with Gasteiger partial charge in [-0.3, -0.25) is 9.78 Å². The zero-order chi connectivity index (χ0) is 28.1. The molecule has 4 aromatic rings. The number of esters is 1. The Hall–Kier alpha value is -4.56. The van der Waals surface area contributed by atoms with Crippen LogP contribution >= 0.6 is 11.6 Å². The van der Waals surface area contributed by atoms with Gasteiger partial charge in [-0.1, -0.05) is 35.9 Å². The maximum atomic E-state index is 13.9. The number of amides is 1. The maximum Gasteiger partial charge on any atom is 0.422 e. The van der Waals surface area contributed by atoms with E-state index in [0.29, 0.717) is 16.8 Å². The van der Waals surface area contributed by atoms with Crippen LogP contribution in [0.2, 0.25) is 5.02 Å². The Morgan fingerprint density at radius 2 is 1.59 bits per heavy atom. The highest BCUT2D eigenvalue weighted by atomic mass is 35.5. The molecule has 0 aliphatic rings. The van der Waals surface area contributed by atoms with E-state index in [9.17, 15) is 18.8 Å². The van der Waals surface area contributed by atoms with E-state index < -0.39 is 24.2 Å².